The summed E-state index contributed by atoms with van der Waals surface area (Å²) < 4.78 is 11.0. The van der Waals surface area contributed by atoms with Crippen LogP contribution in [0.3, 0.4) is 0 Å². The van der Waals surface area contributed by atoms with E-state index in [1.165, 1.54) is 0 Å². The SMILES string of the molecule is CCCNC(=NCC(=O)N(C)C)NCCCOC1CCOC1.I. The van der Waals surface area contributed by atoms with Gasteiger partial charge in [-0.1, -0.05) is 6.92 Å². The van der Waals surface area contributed by atoms with Gasteiger partial charge in [-0.05, 0) is 19.3 Å². The molecule has 0 aromatic heterocycles. The zero-order chi connectivity index (χ0) is 16.2. The van der Waals surface area contributed by atoms with Gasteiger partial charge in [-0.2, -0.15) is 0 Å². The summed E-state index contributed by atoms with van der Waals surface area (Å²) in [5, 5.41) is 6.43. The molecule has 0 bridgehead atoms. The van der Waals surface area contributed by atoms with Gasteiger partial charge >= 0.3 is 0 Å². The van der Waals surface area contributed by atoms with Gasteiger partial charge in [0.1, 0.15) is 6.54 Å². The Balaban J connectivity index is 0.00000484. The molecule has 0 aromatic carbocycles. The third-order valence-electron chi connectivity index (χ3n) is 3.27. The highest BCUT2D eigenvalue weighted by molar-refractivity contribution is 14.0. The summed E-state index contributed by atoms with van der Waals surface area (Å²) in [5.41, 5.74) is 0. The normalized spacial score (nSPS) is 17.5. The zero-order valence-corrected chi connectivity index (χ0v) is 16.8. The lowest BCUT2D eigenvalue weighted by atomic mass is 10.3. The highest BCUT2D eigenvalue weighted by atomic mass is 127. The van der Waals surface area contributed by atoms with Crippen LogP contribution in [0.2, 0.25) is 0 Å². The average Bonchev–Trinajstić information content (AvgIpc) is 3.01. The fraction of sp³-hybridized carbons (Fsp3) is 0.867. The van der Waals surface area contributed by atoms with E-state index in [1.807, 2.05) is 0 Å². The molecule has 8 heteroatoms. The van der Waals surface area contributed by atoms with Crippen LogP contribution in [-0.2, 0) is 14.3 Å². The number of carbonyl (C=O) groups is 1. The minimum Gasteiger partial charge on any atom is -0.379 e. The van der Waals surface area contributed by atoms with E-state index >= 15 is 0 Å². The highest BCUT2D eigenvalue weighted by Crippen LogP contribution is 2.07. The van der Waals surface area contributed by atoms with E-state index < -0.39 is 0 Å². The van der Waals surface area contributed by atoms with Crippen molar-refractivity contribution in [3.05, 3.63) is 0 Å². The van der Waals surface area contributed by atoms with Crippen molar-refractivity contribution in [1.82, 2.24) is 15.5 Å². The molecular formula is C15H31IN4O3. The Bertz CT molecular complexity index is 348. The molecule has 1 unspecified atom stereocenters. The quantitative estimate of drug-likeness (QED) is 0.240. The molecule has 1 amide bonds. The molecule has 2 N–H and O–H groups in total. The molecule has 0 spiro atoms. The summed E-state index contributed by atoms with van der Waals surface area (Å²) in [6.45, 7) is 6.07. The lowest BCUT2D eigenvalue weighted by Crippen LogP contribution is -2.39. The number of ether oxygens (including phenoxy) is 2. The van der Waals surface area contributed by atoms with E-state index in [-0.39, 0.29) is 42.5 Å². The number of guanidine groups is 1. The molecule has 0 radical (unpaired) electrons. The second-order valence-corrected chi connectivity index (χ2v) is 5.52. The molecule has 0 saturated carbocycles. The summed E-state index contributed by atoms with van der Waals surface area (Å²) in [6, 6.07) is 0. The van der Waals surface area contributed by atoms with E-state index in [0.717, 1.165) is 39.0 Å². The van der Waals surface area contributed by atoms with Crippen molar-refractivity contribution in [1.29, 1.82) is 0 Å². The summed E-state index contributed by atoms with van der Waals surface area (Å²) >= 11 is 0. The van der Waals surface area contributed by atoms with Gasteiger partial charge in [0.25, 0.3) is 0 Å². The molecule has 0 aliphatic carbocycles. The third kappa shape index (κ3) is 10.7. The molecule has 1 aliphatic heterocycles. The van der Waals surface area contributed by atoms with E-state index in [2.05, 4.69) is 22.5 Å². The molecule has 1 aliphatic rings. The Morgan fingerprint density at radius 1 is 1.35 bits per heavy atom. The molecule has 7 nitrogen and oxygen atoms in total. The first kappa shape index (κ1) is 22.4. The van der Waals surface area contributed by atoms with Crippen LogP contribution in [0.1, 0.15) is 26.2 Å². The first-order valence-electron chi connectivity index (χ1n) is 8.05. The number of aliphatic imine (C=N–C) groups is 1. The largest absolute Gasteiger partial charge is 0.379 e. The number of likely N-dealkylation sites (N-methyl/N-ethyl adjacent to an activating group) is 1. The van der Waals surface area contributed by atoms with Gasteiger partial charge < -0.3 is 25.0 Å². The van der Waals surface area contributed by atoms with Crippen LogP contribution < -0.4 is 10.6 Å². The second-order valence-electron chi connectivity index (χ2n) is 5.52. The van der Waals surface area contributed by atoms with Gasteiger partial charge in [0.05, 0.1) is 12.7 Å². The number of hydrogen-bond acceptors (Lipinski definition) is 4. The van der Waals surface area contributed by atoms with Gasteiger partial charge in [0.2, 0.25) is 5.91 Å². The third-order valence-corrected chi connectivity index (χ3v) is 3.27. The van der Waals surface area contributed by atoms with E-state index in [1.54, 1.807) is 19.0 Å². The molecule has 23 heavy (non-hydrogen) atoms. The van der Waals surface area contributed by atoms with E-state index in [4.69, 9.17) is 9.47 Å². The minimum absolute atomic E-state index is 0. The zero-order valence-electron chi connectivity index (χ0n) is 14.5. The van der Waals surface area contributed by atoms with Gasteiger partial charge in [0, 0.05) is 40.4 Å². The van der Waals surface area contributed by atoms with Crippen LogP contribution in [0.25, 0.3) is 0 Å². The lowest BCUT2D eigenvalue weighted by Gasteiger charge is -2.14. The number of nitrogens with zero attached hydrogens (tertiary/aromatic N) is 2. The van der Waals surface area contributed by atoms with Crippen molar-refractivity contribution in [3.8, 4) is 0 Å². The fourth-order valence-corrected chi connectivity index (χ4v) is 1.88. The molecule has 136 valence electrons. The smallest absolute Gasteiger partial charge is 0.243 e. The van der Waals surface area contributed by atoms with Crippen molar-refractivity contribution in [2.75, 3.05) is 53.6 Å². The van der Waals surface area contributed by atoms with Gasteiger partial charge in [-0.15, -0.1) is 24.0 Å². The van der Waals surface area contributed by atoms with E-state index in [0.29, 0.717) is 19.2 Å². The van der Waals surface area contributed by atoms with Crippen molar-refractivity contribution in [2.45, 2.75) is 32.3 Å². The summed E-state index contributed by atoms with van der Waals surface area (Å²) in [6.07, 6.45) is 3.15. The number of amides is 1. The number of halogens is 1. The average molecular weight is 442 g/mol. The highest BCUT2D eigenvalue weighted by Gasteiger charge is 2.15. The Morgan fingerprint density at radius 3 is 2.70 bits per heavy atom. The Hall–Kier alpha value is -0.610. The Kier molecular flexibility index (Phi) is 13.4. The van der Waals surface area contributed by atoms with E-state index in [9.17, 15) is 4.79 Å². The maximum Gasteiger partial charge on any atom is 0.243 e. The molecule has 1 atom stereocenters. The fourth-order valence-electron chi connectivity index (χ4n) is 1.88. The van der Waals surface area contributed by atoms with Gasteiger partial charge in [-0.3, -0.25) is 4.79 Å². The summed E-state index contributed by atoms with van der Waals surface area (Å²) in [4.78, 5) is 17.4. The number of nitrogens with one attached hydrogen (secondary N) is 2. The predicted octanol–water partition coefficient (Wildman–Crippen LogP) is 0.833. The molecule has 0 aromatic rings. The molecule has 1 saturated heterocycles. The van der Waals surface area contributed by atoms with Crippen LogP contribution in [0.5, 0.6) is 0 Å². The minimum atomic E-state index is -0.0119. The topological polar surface area (TPSA) is 75.2 Å². The van der Waals surface area contributed by atoms with Crippen LogP contribution in [-0.4, -0.2) is 76.4 Å². The van der Waals surface area contributed by atoms with Crippen LogP contribution in [0.4, 0.5) is 0 Å². The maximum absolute atomic E-state index is 11.6. The summed E-state index contributed by atoms with van der Waals surface area (Å²) in [7, 11) is 3.46. The van der Waals surface area contributed by atoms with Crippen LogP contribution in [0.15, 0.2) is 4.99 Å². The molecule has 1 rings (SSSR count). The molecule has 1 heterocycles. The number of hydrogen-bond donors (Lipinski definition) is 2. The van der Waals surface area contributed by atoms with Crippen molar-refractivity contribution in [2.24, 2.45) is 4.99 Å². The summed E-state index contributed by atoms with van der Waals surface area (Å²) in [5.74, 6) is 0.670. The van der Waals surface area contributed by atoms with Gasteiger partial charge in [-0.25, -0.2) is 4.99 Å². The van der Waals surface area contributed by atoms with Crippen molar-refractivity contribution in [3.63, 3.8) is 0 Å². The van der Waals surface area contributed by atoms with Gasteiger partial charge in [0.15, 0.2) is 5.96 Å². The number of carbonyl (C=O) groups excluding carboxylic acids is 1. The monoisotopic (exact) mass is 442 g/mol. The number of rotatable bonds is 9. The van der Waals surface area contributed by atoms with Crippen LogP contribution >= 0.6 is 24.0 Å². The van der Waals surface area contributed by atoms with Crippen LogP contribution in [0, 0.1) is 0 Å². The first-order valence-corrected chi connectivity index (χ1v) is 8.05. The van der Waals surface area contributed by atoms with Crippen molar-refractivity contribution < 1.29 is 14.3 Å². The van der Waals surface area contributed by atoms with Crippen molar-refractivity contribution >= 4 is 35.8 Å². The molecular weight excluding hydrogens is 411 g/mol. The second kappa shape index (κ2) is 13.8. The maximum atomic E-state index is 11.6. The predicted molar refractivity (Wildman–Crippen MR) is 103 cm³/mol. The Morgan fingerprint density at radius 2 is 2.09 bits per heavy atom. The lowest BCUT2D eigenvalue weighted by molar-refractivity contribution is -0.127. The first-order chi connectivity index (χ1) is 10.6. The Labute approximate surface area is 156 Å². The molecule has 1 fully saturated rings. The standard InChI is InChI=1S/C15H30N4O3.HI/c1-4-7-16-15(18-11-14(20)19(2)3)17-8-5-9-22-13-6-10-21-12-13;/h13H,4-12H2,1-3H3,(H2,16,17,18);1H.